The number of para-hydroxylation sites is 1. The van der Waals surface area contributed by atoms with Gasteiger partial charge in [0.25, 0.3) is 0 Å². The fourth-order valence-electron chi connectivity index (χ4n) is 3.00. The molecule has 0 unspecified atom stereocenters. The SMILES string of the molecule is Clc1ccc2cc(CNCCn3cncn3)c(OCCOc3ccccc3)nc2c1. The normalized spacial score (nSPS) is 11.0. The zero-order valence-electron chi connectivity index (χ0n) is 16.4. The number of benzene rings is 2. The molecule has 2 aromatic heterocycles. The van der Waals surface area contributed by atoms with Crippen LogP contribution in [-0.4, -0.2) is 39.5 Å². The van der Waals surface area contributed by atoms with Crippen molar-refractivity contribution in [3.8, 4) is 11.6 Å². The van der Waals surface area contributed by atoms with Crippen molar-refractivity contribution >= 4 is 22.5 Å². The number of nitrogens with zero attached hydrogens (tertiary/aromatic N) is 4. The van der Waals surface area contributed by atoms with Crippen LogP contribution in [0.2, 0.25) is 5.02 Å². The second kappa shape index (κ2) is 10.0. The summed E-state index contributed by atoms with van der Waals surface area (Å²) in [6.45, 7) is 2.92. The van der Waals surface area contributed by atoms with E-state index in [0.717, 1.165) is 35.3 Å². The molecule has 4 rings (SSSR count). The summed E-state index contributed by atoms with van der Waals surface area (Å²) in [6, 6.07) is 17.4. The smallest absolute Gasteiger partial charge is 0.218 e. The minimum Gasteiger partial charge on any atom is -0.490 e. The maximum atomic E-state index is 6.13. The highest BCUT2D eigenvalue weighted by Crippen LogP contribution is 2.25. The van der Waals surface area contributed by atoms with E-state index >= 15 is 0 Å². The first-order chi connectivity index (χ1) is 14.8. The number of halogens is 1. The Morgan fingerprint density at radius 2 is 1.87 bits per heavy atom. The molecule has 0 bridgehead atoms. The van der Waals surface area contributed by atoms with E-state index in [1.807, 2.05) is 48.5 Å². The molecule has 2 aromatic carbocycles. The molecule has 0 fully saturated rings. The van der Waals surface area contributed by atoms with Crippen molar-refractivity contribution in [1.29, 1.82) is 0 Å². The fraction of sp³-hybridized carbons (Fsp3) is 0.227. The molecule has 0 saturated heterocycles. The molecule has 0 amide bonds. The number of pyridine rings is 1. The number of hydrogen-bond acceptors (Lipinski definition) is 6. The molecule has 0 radical (unpaired) electrons. The van der Waals surface area contributed by atoms with E-state index in [2.05, 4.69) is 26.4 Å². The standard InChI is InChI=1S/C22H22ClN5O2/c23-19-7-6-17-12-18(14-24-8-9-28-16-25-15-26-28)22(27-21(17)13-19)30-11-10-29-20-4-2-1-3-5-20/h1-7,12-13,15-16,24H,8-11,14H2. The first kappa shape index (κ1) is 20.1. The second-order valence-corrected chi connectivity index (χ2v) is 7.07. The Morgan fingerprint density at radius 3 is 2.70 bits per heavy atom. The predicted molar refractivity (Wildman–Crippen MR) is 116 cm³/mol. The van der Waals surface area contributed by atoms with Crippen LogP contribution in [0, 0.1) is 0 Å². The van der Waals surface area contributed by atoms with Crippen LogP contribution in [0.5, 0.6) is 11.6 Å². The summed E-state index contributed by atoms with van der Waals surface area (Å²) in [7, 11) is 0. The van der Waals surface area contributed by atoms with Gasteiger partial charge in [0, 0.05) is 29.1 Å². The summed E-state index contributed by atoms with van der Waals surface area (Å²) in [5, 5.41) is 9.17. The quantitative estimate of drug-likeness (QED) is 0.392. The average Bonchev–Trinajstić information content (AvgIpc) is 3.28. The van der Waals surface area contributed by atoms with Crippen molar-refractivity contribution in [3.63, 3.8) is 0 Å². The van der Waals surface area contributed by atoms with E-state index in [0.29, 0.717) is 30.7 Å². The van der Waals surface area contributed by atoms with Crippen molar-refractivity contribution in [2.45, 2.75) is 13.1 Å². The highest BCUT2D eigenvalue weighted by Gasteiger charge is 2.09. The van der Waals surface area contributed by atoms with Gasteiger partial charge in [0.05, 0.1) is 12.1 Å². The van der Waals surface area contributed by atoms with Gasteiger partial charge in [0.1, 0.15) is 31.6 Å². The predicted octanol–water partition coefficient (Wildman–Crippen LogP) is 3.73. The second-order valence-electron chi connectivity index (χ2n) is 6.63. The Hall–Kier alpha value is -3.16. The first-order valence-corrected chi connectivity index (χ1v) is 10.1. The topological polar surface area (TPSA) is 74.1 Å². The highest BCUT2D eigenvalue weighted by atomic mass is 35.5. The molecule has 0 saturated carbocycles. The molecule has 7 nitrogen and oxygen atoms in total. The summed E-state index contributed by atoms with van der Waals surface area (Å²) in [6.07, 6.45) is 3.23. The van der Waals surface area contributed by atoms with Crippen molar-refractivity contribution in [3.05, 3.63) is 77.8 Å². The maximum Gasteiger partial charge on any atom is 0.218 e. The molecular formula is C22H22ClN5O2. The van der Waals surface area contributed by atoms with Crippen LogP contribution in [-0.2, 0) is 13.1 Å². The van der Waals surface area contributed by atoms with E-state index < -0.39 is 0 Å². The third-order valence-electron chi connectivity index (χ3n) is 4.45. The number of nitrogens with one attached hydrogen (secondary N) is 1. The van der Waals surface area contributed by atoms with Gasteiger partial charge in [-0.15, -0.1) is 0 Å². The lowest BCUT2D eigenvalue weighted by molar-refractivity contribution is 0.211. The van der Waals surface area contributed by atoms with Gasteiger partial charge >= 0.3 is 0 Å². The van der Waals surface area contributed by atoms with Crippen LogP contribution in [0.4, 0.5) is 0 Å². The zero-order valence-corrected chi connectivity index (χ0v) is 17.1. The van der Waals surface area contributed by atoms with Crippen LogP contribution >= 0.6 is 11.6 Å². The van der Waals surface area contributed by atoms with Gasteiger partial charge in [0.2, 0.25) is 5.88 Å². The monoisotopic (exact) mass is 423 g/mol. The molecule has 30 heavy (non-hydrogen) atoms. The molecule has 154 valence electrons. The summed E-state index contributed by atoms with van der Waals surface area (Å²) < 4.78 is 13.5. The average molecular weight is 424 g/mol. The van der Waals surface area contributed by atoms with Crippen molar-refractivity contribution in [2.75, 3.05) is 19.8 Å². The molecule has 1 N–H and O–H groups in total. The van der Waals surface area contributed by atoms with E-state index in [1.165, 1.54) is 6.33 Å². The molecule has 2 heterocycles. The maximum absolute atomic E-state index is 6.13. The van der Waals surface area contributed by atoms with Gasteiger partial charge in [0.15, 0.2) is 0 Å². The lowest BCUT2D eigenvalue weighted by Gasteiger charge is -2.13. The molecule has 0 aliphatic heterocycles. The summed E-state index contributed by atoms with van der Waals surface area (Å²) in [5.41, 5.74) is 1.77. The van der Waals surface area contributed by atoms with Crippen LogP contribution < -0.4 is 14.8 Å². The molecule has 0 spiro atoms. The van der Waals surface area contributed by atoms with Gasteiger partial charge < -0.3 is 14.8 Å². The molecule has 8 heteroatoms. The zero-order chi connectivity index (χ0) is 20.6. The number of rotatable bonds is 10. The number of aromatic nitrogens is 4. The lowest BCUT2D eigenvalue weighted by Crippen LogP contribution is -2.21. The van der Waals surface area contributed by atoms with Crippen molar-refractivity contribution in [1.82, 2.24) is 25.1 Å². The Morgan fingerprint density at radius 1 is 1.00 bits per heavy atom. The van der Waals surface area contributed by atoms with Gasteiger partial charge in [-0.05, 0) is 30.3 Å². The van der Waals surface area contributed by atoms with Gasteiger partial charge in [-0.1, -0.05) is 35.9 Å². The molecule has 0 atom stereocenters. The van der Waals surface area contributed by atoms with Gasteiger partial charge in [-0.25, -0.2) is 9.97 Å². The minimum absolute atomic E-state index is 0.389. The van der Waals surface area contributed by atoms with Gasteiger partial charge in [-0.2, -0.15) is 5.10 Å². The van der Waals surface area contributed by atoms with Crippen LogP contribution in [0.3, 0.4) is 0 Å². The fourth-order valence-corrected chi connectivity index (χ4v) is 3.16. The molecule has 0 aliphatic rings. The van der Waals surface area contributed by atoms with Crippen molar-refractivity contribution < 1.29 is 9.47 Å². The van der Waals surface area contributed by atoms with Crippen LogP contribution in [0.15, 0.2) is 67.3 Å². The van der Waals surface area contributed by atoms with Crippen LogP contribution in [0.1, 0.15) is 5.56 Å². The Labute approximate surface area is 179 Å². The highest BCUT2D eigenvalue weighted by molar-refractivity contribution is 6.31. The largest absolute Gasteiger partial charge is 0.490 e. The molecular weight excluding hydrogens is 402 g/mol. The number of fused-ring (bicyclic) bond motifs is 1. The Bertz CT molecular complexity index is 1070. The summed E-state index contributed by atoms with van der Waals surface area (Å²) >= 11 is 6.13. The Balaban J connectivity index is 1.40. The Kier molecular flexibility index (Phi) is 6.74. The first-order valence-electron chi connectivity index (χ1n) is 9.71. The summed E-state index contributed by atoms with van der Waals surface area (Å²) in [5.74, 6) is 1.39. The summed E-state index contributed by atoms with van der Waals surface area (Å²) in [4.78, 5) is 8.63. The minimum atomic E-state index is 0.389. The third kappa shape index (κ3) is 5.46. The van der Waals surface area contributed by atoms with Gasteiger partial charge in [-0.3, -0.25) is 4.68 Å². The van der Waals surface area contributed by atoms with E-state index in [9.17, 15) is 0 Å². The van der Waals surface area contributed by atoms with E-state index in [4.69, 9.17) is 21.1 Å². The molecule has 4 aromatic rings. The van der Waals surface area contributed by atoms with E-state index in [-0.39, 0.29) is 0 Å². The number of ether oxygens (including phenoxy) is 2. The number of hydrogen-bond donors (Lipinski definition) is 1. The van der Waals surface area contributed by atoms with Crippen LogP contribution in [0.25, 0.3) is 10.9 Å². The lowest BCUT2D eigenvalue weighted by atomic mass is 10.1. The van der Waals surface area contributed by atoms with E-state index in [1.54, 1.807) is 11.0 Å². The van der Waals surface area contributed by atoms with Crippen molar-refractivity contribution in [2.24, 2.45) is 0 Å². The molecule has 0 aliphatic carbocycles. The third-order valence-corrected chi connectivity index (χ3v) is 4.69.